The summed E-state index contributed by atoms with van der Waals surface area (Å²) in [4.78, 5) is 0. The van der Waals surface area contributed by atoms with Crippen LogP contribution in [0, 0.1) is 6.92 Å². The van der Waals surface area contributed by atoms with E-state index >= 15 is 0 Å². The number of allylic oxidation sites excluding steroid dienone is 2. The van der Waals surface area contributed by atoms with Gasteiger partial charge >= 0.3 is 0 Å². The van der Waals surface area contributed by atoms with Gasteiger partial charge in [0.05, 0.1) is 5.69 Å². The first-order valence-corrected chi connectivity index (χ1v) is 6.05. The van der Waals surface area contributed by atoms with E-state index < -0.39 is 0 Å². The average molecular weight is 268 g/mol. The average Bonchev–Trinajstić information content (AvgIpc) is 2.21. The van der Waals surface area contributed by atoms with Crippen LogP contribution >= 0.6 is 15.9 Å². The Labute approximate surface area is 101 Å². The maximum absolute atomic E-state index is 3.57. The Morgan fingerprint density at radius 3 is 2.67 bits per heavy atom. The van der Waals surface area contributed by atoms with E-state index in [0.717, 1.165) is 10.9 Å². The zero-order chi connectivity index (χ0) is 11.4. The lowest BCUT2D eigenvalue weighted by atomic mass is 9.99. The Bertz CT molecular complexity index is 380. The lowest BCUT2D eigenvalue weighted by Gasteiger charge is -2.14. The molecule has 1 nitrogen and oxygen atoms in total. The molecule has 0 aliphatic heterocycles. The predicted octanol–water partition coefficient (Wildman–Crippen LogP) is 4.61. The first-order chi connectivity index (χ1) is 7.11. The molecule has 1 aromatic rings. The molecule has 0 saturated heterocycles. The summed E-state index contributed by atoms with van der Waals surface area (Å²) >= 11 is 3.57. The zero-order valence-electron chi connectivity index (χ0n) is 9.82. The minimum absolute atomic E-state index is 1.07. The highest BCUT2D eigenvalue weighted by molar-refractivity contribution is 9.10. The van der Waals surface area contributed by atoms with Crippen LogP contribution < -0.4 is 5.32 Å². The van der Waals surface area contributed by atoms with Crippen molar-refractivity contribution in [3.05, 3.63) is 33.8 Å². The van der Waals surface area contributed by atoms with E-state index in [1.807, 2.05) is 7.05 Å². The minimum atomic E-state index is 1.07. The molecule has 0 amide bonds. The van der Waals surface area contributed by atoms with E-state index in [4.69, 9.17) is 0 Å². The summed E-state index contributed by atoms with van der Waals surface area (Å²) in [6, 6.07) is 4.23. The van der Waals surface area contributed by atoms with Gasteiger partial charge in [0.25, 0.3) is 0 Å². The highest BCUT2D eigenvalue weighted by Crippen LogP contribution is 2.33. The number of rotatable bonds is 3. The molecule has 0 saturated carbocycles. The van der Waals surface area contributed by atoms with Crippen molar-refractivity contribution in [2.45, 2.75) is 27.2 Å². The van der Waals surface area contributed by atoms with Crippen molar-refractivity contribution in [3.63, 3.8) is 0 Å². The van der Waals surface area contributed by atoms with Crippen molar-refractivity contribution in [3.8, 4) is 0 Å². The summed E-state index contributed by atoms with van der Waals surface area (Å²) in [5.74, 6) is 0. The number of hydrogen-bond donors (Lipinski definition) is 1. The molecule has 0 bridgehead atoms. The van der Waals surface area contributed by atoms with Crippen molar-refractivity contribution < 1.29 is 0 Å². The van der Waals surface area contributed by atoms with Crippen LogP contribution in [0.5, 0.6) is 0 Å². The Balaban J connectivity index is 3.37. The molecule has 0 fully saturated rings. The molecule has 0 aliphatic carbocycles. The number of anilines is 1. The quantitative estimate of drug-likeness (QED) is 0.843. The van der Waals surface area contributed by atoms with Gasteiger partial charge in [0.1, 0.15) is 0 Å². The van der Waals surface area contributed by atoms with Gasteiger partial charge in [-0.25, -0.2) is 0 Å². The Morgan fingerprint density at radius 2 is 2.13 bits per heavy atom. The van der Waals surface area contributed by atoms with Crippen LogP contribution in [0.25, 0.3) is 5.57 Å². The molecule has 0 aromatic heterocycles. The maximum Gasteiger partial charge on any atom is 0.0560 e. The largest absolute Gasteiger partial charge is 0.387 e. The molecule has 0 atom stereocenters. The van der Waals surface area contributed by atoms with Crippen molar-refractivity contribution in [2.24, 2.45) is 0 Å². The number of nitrogens with one attached hydrogen (secondary N) is 1. The third-order valence-corrected chi connectivity index (χ3v) is 3.18. The third-order valence-electron chi connectivity index (χ3n) is 2.52. The maximum atomic E-state index is 3.57. The molecule has 0 aliphatic rings. The normalized spacial score (nSPS) is 11.7. The molecule has 0 unspecified atom stereocenters. The molecule has 15 heavy (non-hydrogen) atoms. The molecule has 0 spiro atoms. The van der Waals surface area contributed by atoms with E-state index in [1.165, 1.54) is 22.4 Å². The molecule has 1 aromatic carbocycles. The topological polar surface area (TPSA) is 12.0 Å². The Kier molecular flexibility index (Phi) is 4.40. The number of hydrogen-bond acceptors (Lipinski definition) is 1. The highest BCUT2D eigenvalue weighted by atomic mass is 79.9. The molecule has 82 valence electrons. The summed E-state index contributed by atoms with van der Waals surface area (Å²) in [6.07, 6.45) is 3.33. The number of halogens is 1. The van der Waals surface area contributed by atoms with E-state index in [2.05, 4.69) is 60.2 Å². The summed E-state index contributed by atoms with van der Waals surface area (Å²) in [6.45, 7) is 6.48. The van der Waals surface area contributed by atoms with Crippen LogP contribution in [-0.2, 0) is 0 Å². The summed E-state index contributed by atoms with van der Waals surface area (Å²) in [5.41, 5.74) is 5.14. The monoisotopic (exact) mass is 267 g/mol. The van der Waals surface area contributed by atoms with Crippen LogP contribution in [0.2, 0.25) is 0 Å². The number of benzene rings is 1. The highest BCUT2D eigenvalue weighted by Gasteiger charge is 2.09. The van der Waals surface area contributed by atoms with Gasteiger partial charge in [-0.15, -0.1) is 0 Å². The first-order valence-electron chi connectivity index (χ1n) is 5.25. The molecule has 1 N–H and O–H groups in total. The van der Waals surface area contributed by atoms with Gasteiger partial charge in [-0.1, -0.05) is 19.1 Å². The Morgan fingerprint density at radius 1 is 1.47 bits per heavy atom. The standard InChI is InChI=1S/C13H18BrN/c1-5-6-9(2)12-10(3)7-8-11(14)13(12)15-4/h6-8,15H,5H2,1-4H3/b9-6+. The van der Waals surface area contributed by atoms with Gasteiger partial charge < -0.3 is 5.32 Å². The van der Waals surface area contributed by atoms with Crippen LogP contribution in [0.3, 0.4) is 0 Å². The van der Waals surface area contributed by atoms with Crippen LogP contribution in [0.1, 0.15) is 31.4 Å². The molecule has 2 heteroatoms. The van der Waals surface area contributed by atoms with E-state index in [9.17, 15) is 0 Å². The second-order valence-electron chi connectivity index (χ2n) is 3.66. The fourth-order valence-corrected chi connectivity index (χ4v) is 2.37. The van der Waals surface area contributed by atoms with E-state index in [-0.39, 0.29) is 0 Å². The van der Waals surface area contributed by atoms with Crippen LogP contribution in [0.4, 0.5) is 5.69 Å². The smallest absolute Gasteiger partial charge is 0.0560 e. The first kappa shape index (κ1) is 12.3. The molecular weight excluding hydrogens is 250 g/mol. The minimum Gasteiger partial charge on any atom is -0.387 e. The zero-order valence-corrected chi connectivity index (χ0v) is 11.4. The molecular formula is C13H18BrN. The fraction of sp³-hybridized carbons (Fsp3) is 0.385. The van der Waals surface area contributed by atoms with Crippen LogP contribution in [-0.4, -0.2) is 7.05 Å². The summed E-state index contributed by atoms with van der Waals surface area (Å²) in [5, 5.41) is 3.26. The van der Waals surface area contributed by atoms with Crippen molar-refractivity contribution in [1.82, 2.24) is 0 Å². The van der Waals surface area contributed by atoms with Gasteiger partial charge in [-0.3, -0.25) is 0 Å². The van der Waals surface area contributed by atoms with Crippen molar-refractivity contribution >= 4 is 27.2 Å². The van der Waals surface area contributed by atoms with Crippen molar-refractivity contribution in [1.29, 1.82) is 0 Å². The fourth-order valence-electron chi connectivity index (χ4n) is 1.84. The lowest BCUT2D eigenvalue weighted by molar-refractivity contribution is 1.22. The molecule has 0 radical (unpaired) electrons. The van der Waals surface area contributed by atoms with E-state index in [1.54, 1.807) is 0 Å². The second-order valence-corrected chi connectivity index (χ2v) is 4.51. The van der Waals surface area contributed by atoms with Gasteiger partial charge in [0.15, 0.2) is 0 Å². The van der Waals surface area contributed by atoms with Gasteiger partial charge in [-0.2, -0.15) is 0 Å². The van der Waals surface area contributed by atoms with E-state index in [0.29, 0.717) is 0 Å². The Hall–Kier alpha value is -0.760. The van der Waals surface area contributed by atoms with Crippen molar-refractivity contribution in [2.75, 3.05) is 12.4 Å². The summed E-state index contributed by atoms with van der Waals surface area (Å²) < 4.78 is 1.12. The number of aryl methyl sites for hydroxylation is 1. The predicted molar refractivity (Wildman–Crippen MR) is 72.4 cm³/mol. The lowest BCUT2D eigenvalue weighted by Crippen LogP contribution is -1.97. The molecule has 1 rings (SSSR count). The van der Waals surface area contributed by atoms with Gasteiger partial charge in [0, 0.05) is 17.1 Å². The van der Waals surface area contributed by atoms with Gasteiger partial charge in [-0.05, 0) is 53.4 Å². The molecule has 0 heterocycles. The van der Waals surface area contributed by atoms with Gasteiger partial charge in [0.2, 0.25) is 0 Å². The second kappa shape index (κ2) is 5.36. The third kappa shape index (κ3) is 2.63. The van der Waals surface area contributed by atoms with Crippen LogP contribution in [0.15, 0.2) is 22.7 Å². The summed E-state index contributed by atoms with van der Waals surface area (Å²) in [7, 11) is 1.96. The SMILES string of the molecule is CC/C=C(\C)c1c(C)ccc(Br)c1NC.